The number of likely N-dealkylation sites (N-methyl/N-ethyl adjacent to an activating group) is 1. The van der Waals surface area contributed by atoms with Crippen molar-refractivity contribution in [3.05, 3.63) is 59.8 Å². The lowest BCUT2D eigenvalue weighted by Crippen LogP contribution is -2.28. The highest BCUT2D eigenvalue weighted by atomic mass is 19.1. The van der Waals surface area contributed by atoms with Crippen molar-refractivity contribution in [2.45, 2.75) is 20.8 Å². The molecule has 3 rings (SSSR count). The largest absolute Gasteiger partial charge is 0.368 e. The molecule has 142 valence electrons. The van der Waals surface area contributed by atoms with Gasteiger partial charge < -0.3 is 10.2 Å². The van der Waals surface area contributed by atoms with E-state index in [9.17, 15) is 8.78 Å². The normalized spacial score (nSPS) is 11.3. The van der Waals surface area contributed by atoms with Crippen LogP contribution in [0.3, 0.4) is 0 Å². The van der Waals surface area contributed by atoms with E-state index in [1.165, 1.54) is 12.1 Å². The van der Waals surface area contributed by atoms with Crippen LogP contribution < -0.4 is 5.32 Å². The number of hydrogen-bond acceptors (Lipinski definition) is 3. The van der Waals surface area contributed by atoms with E-state index >= 15 is 0 Å². The Morgan fingerprint density at radius 2 is 1.59 bits per heavy atom. The molecule has 0 aliphatic carbocycles. The first-order chi connectivity index (χ1) is 13.0. The standard InChI is InChI=1S/C22H25F2N3/c1-4-27(5-2)11-10-25-22-20-9-7-6-8-19(20)21(15(3)26-22)16-12-17(23)14-18(24)13-16/h6-9,12-14H,4-5,10-11H2,1-3H3,(H,25,26). The molecular formula is C22H25F2N3. The highest BCUT2D eigenvalue weighted by Gasteiger charge is 2.14. The Kier molecular flexibility index (Phi) is 6.01. The lowest BCUT2D eigenvalue weighted by Gasteiger charge is -2.19. The van der Waals surface area contributed by atoms with Gasteiger partial charge in [-0.2, -0.15) is 0 Å². The van der Waals surface area contributed by atoms with Gasteiger partial charge >= 0.3 is 0 Å². The second-order valence-electron chi connectivity index (χ2n) is 6.58. The van der Waals surface area contributed by atoms with E-state index in [-0.39, 0.29) is 0 Å². The first kappa shape index (κ1) is 19.2. The highest BCUT2D eigenvalue weighted by molar-refractivity contribution is 6.02. The van der Waals surface area contributed by atoms with E-state index in [0.29, 0.717) is 5.56 Å². The summed E-state index contributed by atoms with van der Waals surface area (Å²) in [5.41, 5.74) is 2.01. The third kappa shape index (κ3) is 4.25. The lowest BCUT2D eigenvalue weighted by atomic mass is 9.97. The van der Waals surface area contributed by atoms with Crippen LogP contribution >= 0.6 is 0 Å². The van der Waals surface area contributed by atoms with Crippen molar-refractivity contribution in [1.29, 1.82) is 0 Å². The van der Waals surface area contributed by atoms with Gasteiger partial charge in [-0.1, -0.05) is 38.1 Å². The van der Waals surface area contributed by atoms with Gasteiger partial charge in [-0.3, -0.25) is 0 Å². The SMILES string of the molecule is CCN(CC)CCNc1nc(C)c(-c2cc(F)cc(F)c2)c2ccccc12. The fourth-order valence-corrected chi connectivity index (χ4v) is 3.46. The topological polar surface area (TPSA) is 28.2 Å². The zero-order valence-corrected chi connectivity index (χ0v) is 16.0. The van der Waals surface area contributed by atoms with E-state index in [2.05, 4.69) is 24.1 Å². The first-order valence-electron chi connectivity index (χ1n) is 9.35. The maximum atomic E-state index is 13.8. The van der Waals surface area contributed by atoms with Crippen LogP contribution in [0.2, 0.25) is 0 Å². The van der Waals surface area contributed by atoms with Gasteiger partial charge in [0.15, 0.2) is 0 Å². The van der Waals surface area contributed by atoms with Gasteiger partial charge in [0.1, 0.15) is 17.5 Å². The molecule has 0 bridgehead atoms. The lowest BCUT2D eigenvalue weighted by molar-refractivity contribution is 0.316. The maximum Gasteiger partial charge on any atom is 0.134 e. The van der Waals surface area contributed by atoms with E-state index < -0.39 is 11.6 Å². The predicted molar refractivity (Wildman–Crippen MR) is 108 cm³/mol. The average molecular weight is 369 g/mol. The Hall–Kier alpha value is -2.53. The number of rotatable bonds is 7. The molecule has 0 radical (unpaired) electrons. The van der Waals surface area contributed by atoms with Crippen molar-refractivity contribution in [3.63, 3.8) is 0 Å². The number of aryl methyl sites for hydroxylation is 1. The molecule has 1 heterocycles. The fraction of sp³-hybridized carbons (Fsp3) is 0.318. The summed E-state index contributed by atoms with van der Waals surface area (Å²) in [7, 11) is 0. The Morgan fingerprint density at radius 3 is 2.22 bits per heavy atom. The average Bonchev–Trinajstić information content (AvgIpc) is 2.64. The number of hydrogen-bond donors (Lipinski definition) is 1. The molecule has 2 aromatic carbocycles. The molecule has 1 N–H and O–H groups in total. The number of nitrogens with one attached hydrogen (secondary N) is 1. The van der Waals surface area contributed by atoms with Gasteiger partial charge in [-0.15, -0.1) is 0 Å². The molecule has 0 spiro atoms. The van der Waals surface area contributed by atoms with E-state index in [4.69, 9.17) is 4.98 Å². The number of halogens is 2. The van der Waals surface area contributed by atoms with E-state index in [0.717, 1.165) is 60.1 Å². The van der Waals surface area contributed by atoms with Crippen LogP contribution in [0.1, 0.15) is 19.5 Å². The molecule has 27 heavy (non-hydrogen) atoms. The third-order valence-electron chi connectivity index (χ3n) is 4.86. The van der Waals surface area contributed by atoms with E-state index in [1.807, 2.05) is 31.2 Å². The molecule has 1 aromatic heterocycles. The van der Waals surface area contributed by atoms with Crippen LogP contribution in [0.25, 0.3) is 21.9 Å². The summed E-state index contributed by atoms with van der Waals surface area (Å²) in [6, 6.07) is 11.4. The Labute approximate surface area is 159 Å². The summed E-state index contributed by atoms with van der Waals surface area (Å²) in [6.07, 6.45) is 0. The summed E-state index contributed by atoms with van der Waals surface area (Å²) in [5, 5.41) is 5.31. The number of fused-ring (bicyclic) bond motifs is 1. The van der Waals surface area contributed by atoms with Crippen molar-refractivity contribution in [3.8, 4) is 11.1 Å². The quantitative estimate of drug-likeness (QED) is 0.617. The summed E-state index contributed by atoms with van der Waals surface area (Å²) >= 11 is 0. The van der Waals surface area contributed by atoms with Gasteiger partial charge in [0, 0.05) is 35.8 Å². The Morgan fingerprint density at radius 1 is 0.963 bits per heavy atom. The summed E-state index contributed by atoms with van der Waals surface area (Å²) < 4.78 is 27.5. The number of benzene rings is 2. The minimum atomic E-state index is -0.588. The fourth-order valence-electron chi connectivity index (χ4n) is 3.46. The monoisotopic (exact) mass is 369 g/mol. The van der Waals surface area contributed by atoms with Gasteiger partial charge in [0.25, 0.3) is 0 Å². The predicted octanol–water partition coefficient (Wildman–Crippen LogP) is 5.24. The van der Waals surface area contributed by atoms with Crippen molar-refractivity contribution >= 4 is 16.6 Å². The first-order valence-corrected chi connectivity index (χ1v) is 9.35. The molecule has 3 aromatic rings. The van der Waals surface area contributed by atoms with Gasteiger partial charge in [0.2, 0.25) is 0 Å². The van der Waals surface area contributed by atoms with Crippen LogP contribution in [0, 0.1) is 18.6 Å². The van der Waals surface area contributed by atoms with E-state index in [1.54, 1.807) is 0 Å². The Balaban J connectivity index is 2.02. The molecule has 0 saturated heterocycles. The third-order valence-corrected chi connectivity index (χ3v) is 4.86. The summed E-state index contributed by atoms with van der Waals surface area (Å²) in [6.45, 7) is 9.90. The van der Waals surface area contributed by atoms with Crippen LogP contribution in [0.15, 0.2) is 42.5 Å². The van der Waals surface area contributed by atoms with Gasteiger partial charge in [0.05, 0.1) is 0 Å². The molecule has 3 nitrogen and oxygen atoms in total. The number of nitrogens with zero attached hydrogens (tertiary/aromatic N) is 2. The molecule has 0 aliphatic rings. The minimum Gasteiger partial charge on any atom is -0.368 e. The zero-order chi connectivity index (χ0) is 19.4. The number of pyridine rings is 1. The van der Waals surface area contributed by atoms with Gasteiger partial charge in [-0.25, -0.2) is 13.8 Å². The molecule has 0 atom stereocenters. The van der Waals surface area contributed by atoms with Crippen LogP contribution in [0.5, 0.6) is 0 Å². The second-order valence-corrected chi connectivity index (χ2v) is 6.58. The molecular weight excluding hydrogens is 344 g/mol. The van der Waals surface area contributed by atoms with Crippen LogP contribution in [0.4, 0.5) is 14.6 Å². The molecule has 0 saturated carbocycles. The second kappa shape index (κ2) is 8.44. The maximum absolute atomic E-state index is 13.8. The number of aromatic nitrogens is 1. The highest BCUT2D eigenvalue weighted by Crippen LogP contribution is 2.35. The molecule has 0 fully saturated rings. The summed E-state index contributed by atoms with van der Waals surface area (Å²) in [4.78, 5) is 7.05. The Bertz CT molecular complexity index is 916. The molecule has 5 heteroatoms. The summed E-state index contributed by atoms with van der Waals surface area (Å²) in [5.74, 6) is -0.374. The van der Waals surface area contributed by atoms with Crippen molar-refractivity contribution in [2.75, 3.05) is 31.5 Å². The van der Waals surface area contributed by atoms with Crippen molar-refractivity contribution < 1.29 is 8.78 Å². The van der Waals surface area contributed by atoms with Crippen LogP contribution in [-0.2, 0) is 0 Å². The van der Waals surface area contributed by atoms with Crippen LogP contribution in [-0.4, -0.2) is 36.1 Å². The molecule has 0 aliphatic heterocycles. The minimum absolute atomic E-state index is 0.503. The van der Waals surface area contributed by atoms with Gasteiger partial charge in [-0.05, 0) is 43.1 Å². The zero-order valence-electron chi connectivity index (χ0n) is 16.0. The van der Waals surface area contributed by atoms with Crippen molar-refractivity contribution in [2.24, 2.45) is 0 Å². The molecule has 0 amide bonds. The number of anilines is 1. The molecule has 0 unspecified atom stereocenters. The smallest absolute Gasteiger partial charge is 0.134 e. The van der Waals surface area contributed by atoms with Crippen molar-refractivity contribution in [1.82, 2.24) is 9.88 Å².